The number of hydrogen-bond donors (Lipinski definition) is 4. The molecule has 3 aliphatic heterocycles. The molecule has 3 saturated heterocycles. The molecule has 2 aromatic heterocycles. The van der Waals surface area contributed by atoms with Crippen LogP contribution in [0.3, 0.4) is 0 Å². The Bertz CT molecular complexity index is 2560. The largest absolute Gasteiger partial charge is 0.491 e. The third kappa shape index (κ3) is 8.36. The van der Waals surface area contributed by atoms with Crippen LogP contribution in [0.1, 0.15) is 113 Å². The van der Waals surface area contributed by atoms with E-state index in [9.17, 15) is 19.2 Å². The highest BCUT2D eigenvalue weighted by molar-refractivity contribution is 5.87. The van der Waals surface area contributed by atoms with Crippen LogP contribution in [-0.4, -0.2) is 93.2 Å². The number of nitrogens with one attached hydrogen (secondary N) is 3. The molecule has 16 nitrogen and oxygen atoms in total. The number of halogens is 2. The smallest absolute Gasteiger partial charge is 0.407 e. The lowest BCUT2D eigenvalue weighted by Gasteiger charge is -2.33. The van der Waals surface area contributed by atoms with E-state index in [4.69, 9.17) is 29.9 Å². The second-order valence-corrected chi connectivity index (χ2v) is 17.6. The molecule has 3 aliphatic rings. The molecule has 340 valence electrons. The molecule has 0 saturated carbocycles. The molecule has 18 heteroatoms. The Morgan fingerprint density at radius 3 is 1.70 bits per heavy atom. The van der Waals surface area contributed by atoms with Crippen molar-refractivity contribution in [2.75, 3.05) is 32.2 Å². The van der Waals surface area contributed by atoms with E-state index in [2.05, 4.69) is 15.3 Å². The van der Waals surface area contributed by atoms with Crippen LogP contribution >= 0.6 is 0 Å². The van der Waals surface area contributed by atoms with Gasteiger partial charge in [-0.15, -0.1) is 0 Å². The summed E-state index contributed by atoms with van der Waals surface area (Å²) in [5.74, 6) is -1.87. The van der Waals surface area contributed by atoms with Crippen molar-refractivity contribution in [2.45, 2.75) is 103 Å². The minimum absolute atomic E-state index is 0.175. The molecule has 0 radical (unpaired) electrons. The van der Waals surface area contributed by atoms with Crippen LogP contribution in [0, 0.1) is 23.5 Å². The second-order valence-electron chi connectivity index (χ2n) is 17.6. The lowest BCUT2D eigenvalue weighted by atomic mass is 10.0. The van der Waals surface area contributed by atoms with Crippen molar-refractivity contribution in [3.63, 3.8) is 0 Å². The number of aromatic amines is 2. The van der Waals surface area contributed by atoms with Crippen LogP contribution in [0.2, 0.25) is 0 Å². The number of benzene rings is 3. The van der Waals surface area contributed by atoms with E-state index in [0.717, 1.165) is 35.0 Å². The monoisotopic (exact) mass is 883 g/mol. The zero-order chi connectivity index (χ0) is 45.6. The molecule has 0 spiro atoms. The molecule has 5 aromatic rings. The zero-order valence-electron chi connectivity index (χ0n) is 36.8. The number of fused-ring (bicyclic) bond motifs is 2. The van der Waals surface area contributed by atoms with Gasteiger partial charge in [-0.2, -0.15) is 0 Å². The summed E-state index contributed by atoms with van der Waals surface area (Å²) in [6.07, 6.45) is 1.46. The maximum atomic E-state index is 15.5. The van der Waals surface area contributed by atoms with E-state index in [-0.39, 0.29) is 47.8 Å². The number of amides is 4. The number of rotatable bonds is 12. The molecule has 0 bridgehead atoms. The van der Waals surface area contributed by atoms with Crippen LogP contribution in [0.25, 0.3) is 22.1 Å². The standard InChI is InChI=1S/C46H55F2N9O7/c1-23(2)38(54-46(61)63-6)43(58)55-17-7-9-36(55)41-50-30-13-11-25(19-32(30)52-41)34-15-16-35(57(34)27-21-28(47)40(62-5)29(48)22-27)26-12-14-31-33(20-26)53-42(51-31)37-10-8-18-56(37)44(59)39(24(3)4)64-45(49)60/h11-14,19-24,34-39H,7-10,15-18H2,1-6H3,(H2,49,60)(H,50,52)(H,51,53)(H,54,61)/t34-,35-,36+,37+,38+,39?/m1/s1. The number of nitrogens with two attached hydrogens (primary N) is 1. The van der Waals surface area contributed by atoms with Gasteiger partial charge in [0.15, 0.2) is 23.5 Å². The number of methoxy groups -OCH3 is 2. The molecule has 0 aliphatic carbocycles. The number of hydrogen-bond acceptors (Lipinski definition) is 10. The van der Waals surface area contributed by atoms with Gasteiger partial charge in [0.25, 0.3) is 5.91 Å². The van der Waals surface area contributed by atoms with E-state index in [1.807, 2.05) is 55.1 Å². The Kier molecular flexibility index (Phi) is 12.4. The first-order chi connectivity index (χ1) is 30.7. The van der Waals surface area contributed by atoms with Crippen LogP contribution in [-0.2, 0) is 19.1 Å². The van der Waals surface area contributed by atoms with Crippen LogP contribution in [0.5, 0.6) is 5.75 Å². The van der Waals surface area contributed by atoms with Crippen LogP contribution < -0.4 is 20.7 Å². The molecule has 3 fully saturated rings. The summed E-state index contributed by atoms with van der Waals surface area (Å²) in [7, 11) is 2.49. The Balaban J connectivity index is 1.10. The van der Waals surface area contributed by atoms with Gasteiger partial charge >= 0.3 is 12.2 Å². The summed E-state index contributed by atoms with van der Waals surface area (Å²) in [5.41, 5.74) is 10.3. The first kappa shape index (κ1) is 44.2. The van der Waals surface area contributed by atoms with E-state index >= 15 is 8.78 Å². The van der Waals surface area contributed by atoms with Crippen molar-refractivity contribution in [3.8, 4) is 5.75 Å². The number of ether oxygens (including phenoxy) is 3. The maximum Gasteiger partial charge on any atom is 0.407 e. The number of alkyl carbamates (subject to hydrolysis) is 1. The quantitative estimate of drug-likeness (QED) is 0.0965. The van der Waals surface area contributed by atoms with Crippen molar-refractivity contribution < 1.29 is 42.2 Å². The number of aromatic nitrogens is 4. The number of imidazole rings is 2. The highest BCUT2D eigenvalue weighted by Gasteiger charge is 2.41. The Morgan fingerprint density at radius 2 is 1.25 bits per heavy atom. The first-order valence-corrected chi connectivity index (χ1v) is 21.9. The first-order valence-electron chi connectivity index (χ1n) is 21.9. The molecule has 5 N–H and O–H groups in total. The summed E-state index contributed by atoms with van der Waals surface area (Å²) in [5, 5.41) is 2.69. The summed E-state index contributed by atoms with van der Waals surface area (Å²) >= 11 is 0. The van der Waals surface area contributed by atoms with Gasteiger partial charge in [0.1, 0.15) is 17.7 Å². The minimum Gasteiger partial charge on any atom is -0.491 e. The van der Waals surface area contributed by atoms with Gasteiger partial charge in [-0.25, -0.2) is 28.3 Å². The van der Waals surface area contributed by atoms with Gasteiger partial charge in [-0.1, -0.05) is 39.8 Å². The number of carbonyl (C=O) groups excluding carboxylic acids is 4. The van der Waals surface area contributed by atoms with Gasteiger partial charge in [-0.05, 0) is 85.8 Å². The van der Waals surface area contributed by atoms with Crippen molar-refractivity contribution in [1.82, 2.24) is 35.1 Å². The predicted molar refractivity (Wildman–Crippen MR) is 233 cm³/mol. The molecule has 5 heterocycles. The average Bonchev–Trinajstić information content (AvgIpc) is 4.11. The lowest BCUT2D eigenvalue weighted by Crippen LogP contribution is -2.51. The third-order valence-corrected chi connectivity index (χ3v) is 12.9. The molecule has 1 unspecified atom stereocenters. The normalized spacial score (nSPS) is 21.0. The van der Waals surface area contributed by atoms with Gasteiger partial charge in [0.2, 0.25) is 5.91 Å². The number of primary amides is 1. The van der Waals surface area contributed by atoms with Crippen molar-refractivity contribution in [2.24, 2.45) is 17.6 Å². The van der Waals surface area contributed by atoms with E-state index in [0.29, 0.717) is 67.1 Å². The highest BCUT2D eigenvalue weighted by Crippen LogP contribution is 2.49. The topological polar surface area (TPSA) is 201 Å². The van der Waals surface area contributed by atoms with E-state index in [1.165, 1.54) is 26.4 Å². The Labute approximate surface area is 369 Å². The SMILES string of the molecule is COC(=O)N[C@H](C(=O)N1CCC[C@H]1c1nc2cc([C@H]3CC[C@H](c4ccc5[nH]c([C@@H]6CCCN6C(=O)C(OC(N)=O)C(C)C)nc5c4)N3c3cc(F)c(OC)c(F)c3)ccc2[nH]1)C(C)C. The predicted octanol–water partition coefficient (Wildman–Crippen LogP) is 7.64. The van der Waals surface area contributed by atoms with Gasteiger partial charge in [0, 0.05) is 30.9 Å². The summed E-state index contributed by atoms with van der Waals surface area (Å²) < 4.78 is 46.1. The molecule has 64 heavy (non-hydrogen) atoms. The minimum atomic E-state index is -1.02. The molecular weight excluding hydrogens is 829 g/mol. The van der Waals surface area contributed by atoms with Gasteiger partial charge in [0.05, 0.1) is 60.5 Å². The summed E-state index contributed by atoms with van der Waals surface area (Å²) in [6.45, 7) is 8.32. The van der Waals surface area contributed by atoms with Crippen LogP contribution in [0.4, 0.5) is 24.1 Å². The highest BCUT2D eigenvalue weighted by atomic mass is 19.1. The van der Waals surface area contributed by atoms with Gasteiger partial charge < -0.3 is 49.9 Å². The van der Waals surface area contributed by atoms with Crippen molar-refractivity contribution in [1.29, 1.82) is 0 Å². The van der Waals surface area contributed by atoms with Gasteiger partial charge in [-0.3, -0.25) is 9.59 Å². The number of carbonyl (C=O) groups is 4. The van der Waals surface area contributed by atoms with E-state index in [1.54, 1.807) is 23.6 Å². The number of likely N-dealkylation sites (tertiary alicyclic amines) is 2. The fraction of sp³-hybridized carbons (Fsp3) is 0.478. The van der Waals surface area contributed by atoms with Crippen molar-refractivity contribution >= 4 is 51.8 Å². The fourth-order valence-electron chi connectivity index (χ4n) is 9.80. The molecule has 6 atom stereocenters. The molecule has 4 amide bonds. The molecule has 8 rings (SSSR count). The van der Waals surface area contributed by atoms with E-state index < -0.39 is 41.7 Å². The number of nitrogens with zero attached hydrogens (tertiary/aromatic N) is 5. The number of anilines is 1. The Morgan fingerprint density at radius 1 is 0.734 bits per heavy atom. The third-order valence-electron chi connectivity index (χ3n) is 12.9. The molecular formula is C46H55F2N9O7. The fourth-order valence-corrected chi connectivity index (χ4v) is 9.80. The Hall–Kier alpha value is -6.46. The van der Waals surface area contributed by atoms with Crippen LogP contribution in [0.15, 0.2) is 48.5 Å². The summed E-state index contributed by atoms with van der Waals surface area (Å²) in [4.78, 5) is 73.6. The lowest BCUT2D eigenvalue weighted by molar-refractivity contribution is -0.143. The maximum absolute atomic E-state index is 15.5. The number of H-pyrrole nitrogens is 2. The molecule has 3 aromatic carbocycles. The van der Waals surface area contributed by atoms with Crippen molar-refractivity contribution in [3.05, 3.63) is 82.9 Å². The second kappa shape index (κ2) is 18.0. The zero-order valence-corrected chi connectivity index (χ0v) is 36.8. The summed E-state index contributed by atoms with van der Waals surface area (Å²) in [6, 6.07) is 12.3. The average molecular weight is 884 g/mol.